The van der Waals surface area contributed by atoms with Gasteiger partial charge in [-0.05, 0) is 12.5 Å². The number of nitrogens with two attached hydrogens (primary N) is 1. The Hall–Kier alpha value is -2.25. The van der Waals surface area contributed by atoms with Gasteiger partial charge in [0, 0.05) is 31.7 Å². The van der Waals surface area contributed by atoms with Gasteiger partial charge in [0.2, 0.25) is 17.4 Å². The minimum atomic E-state index is -1.06. The van der Waals surface area contributed by atoms with Gasteiger partial charge < -0.3 is 15.4 Å². The lowest BCUT2D eigenvalue weighted by molar-refractivity contribution is -0.738. The Morgan fingerprint density at radius 3 is 2.67 bits per heavy atom. The van der Waals surface area contributed by atoms with Crippen molar-refractivity contribution in [3.8, 4) is 0 Å². The molecule has 3 heterocycles. The van der Waals surface area contributed by atoms with Gasteiger partial charge in [0.1, 0.15) is 17.9 Å². The molecule has 1 aromatic carbocycles. The molecule has 3 aliphatic rings. The van der Waals surface area contributed by atoms with Crippen LogP contribution in [0.2, 0.25) is 0 Å². The van der Waals surface area contributed by atoms with Crippen molar-refractivity contribution in [1.29, 1.82) is 0 Å². The molecule has 4 rings (SSSR count). The molecule has 0 bridgehead atoms. The van der Waals surface area contributed by atoms with Gasteiger partial charge in [-0.15, -0.1) is 0 Å². The largest absolute Gasteiger partial charge is 0.385 e. The number of imide groups is 1. The van der Waals surface area contributed by atoms with E-state index in [1.54, 1.807) is 7.11 Å². The molecule has 3 N–H and O–H groups in total. The first-order chi connectivity index (χ1) is 12.9. The highest BCUT2D eigenvalue weighted by Crippen LogP contribution is 2.49. The molecule has 7 nitrogen and oxygen atoms in total. The maximum atomic E-state index is 13.3. The summed E-state index contributed by atoms with van der Waals surface area (Å²) in [7, 11) is 1.60. The van der Waals surface area contributed by atoms with Gasteiger partial charge in [-0.25, -0.2) is 0 Å². The highest BCUT2D eigenvalue weighted by atomic mass is 16.5. The van der Waals surface area contributed by atoms with Crippen LogP contribution in [0.25, 0.3) is 0 Å². The van der Waals surface area contributed by atoms with Crippen molar-refractivity contribution in [2.24, 2.45) is 17.8 Å². The van der Waals surface area contributed by atoms with Crippen molar-refractivity contribution in [3.63, 3.8) is 0 Å². The minimum Gasteiger partial charge on any atom is -0.385 e. The molecule has 2 fully saturated rings. The monoisotopic (exact) mass is 372 g/mol. The molecule has 4 atom stereocenters. The highest BCUT2D eigenvalue weighted by Gasteiger charge is 2.74. The van der Waals surface area contributed by atoms with Crippen LogP contribution in [0.3, 0.4) is 0 Å². The van der Waals surface area contributed by atoms with E-state index in [9.17, 15) is 14.4 Å². The summed E-state index contributed by atoms with van der Waals surface area (Å²) in [5.74, 6) is -1.55. The Labute approximate surface area is 158 Å². The SMILES string of the molecule is COCCCN1C(=O)[C@H]2[C@@H](C1=O)[C@]1([NH2+][C@H]2C(C)C)C(=O)Nc2ccccc21. The van der Waals surface area contributed by atoms with Crippen molar-refractivity contribution >= 4 is 23.4 Å². The number of benzene rings is 1. The molecule has 0 aromatic heterocycles. The molecule has 3 aliphatic heterocycles. The molecular weight excluding hydrogens is 346 g/mol. The van der Waals surface area contributed by atoms with Crippen molar-refractivity contribution < 1.29 is 24.4 Å². The zero-order chi connectivity index (χ0) is 19.3. The van der Waals surface area contributed by atoms with E-state index < -0.39 is 17.4 Å². The van der Waals surface area contributed by atoms with Crippen LogP contribution in [-0.2, 0) is 24.7 Å². The Balaban J connectivity index is 1.79. The molecule has 7 heteroatoms. The van der Waals surface area contributed by atoms with E-state index >= 15 is 0 Å². The number of fused-ring (bicyclic) bond motifs is 4. The van der Waals surface area contributed by atoms with E-state index in [1.807, 2.05) is 43.4 Å². The van der Waals surface area contributed by atoms with E-state index in [0.29, 0.717) is 19.6 Å². The van der Waals surface area contributed by atoms with Crippen molar-refractivity contribution in [3.05, 3.63) is 29.8 Å². The molecule has 0 unspecified atom stereocenters. The number of hydrogen-bond donors (Lipinski definition) is 2. The summed E-state index contributed by atoms with van der Waals surface area (Å²) in [5, 5.41) is 4.92. The summed E-state index contributed by atoms with van der Waals surface area (Å²) in [6.45, 7) is 4.91. The number of rotatable bonds is 5. The van der Waals surface area contributed by atoms with Gasteiger partial charge in [0.05, 0.1) is 5.69 Å². The summed E-state index contributed by atoms with van der Waals surface area (Å²) in [4.78, 5) is 41.0. The number of amides is 3. The van der Waals surface area contributed by atoms with E-state index in [0.717, 1.165) is 11.3 Å². The average Bonchev–Trinajstić information content (AvgIpc) is 3.22. The number of carbonyl (C=O) groups is 3. The highest BCUT2D eigenvalue weighted by molar-refractivity contribution is 6.13. The molecule has 0 saturated carbocycles. The number of nitrogens with zero attached hydrogens (tertiary/aromatic N) is 1. The third-order valence-electron chi connectivity index (χ3n) is 6.30. The van der Waals surface area contributed by atoms with Crippen molar-refractivity contribution in [1.82, 2.24) is 4.90 Å². The molecule has 0 radical (unpaired) electrons. The number of ether oxygens (including phenoxy) is 1. The Kier molecular flexibility index (Phi) is 4.31. The van der Waals surface area contributed by atoms with Gasteiger partial charge >= 0.3 is 0 Å². The second-order valence-electron chi connectivity index (χ2n) is 8.03. The van der Waals surface area contributed by atoms with Crippen LogP contribution >= 0.6 is 0 Å². The maximum Gasteiger partial charge on any atom is 0.291 e. The fraction of sp³-hybridized carbons (Fsp3) is 0.550. The number of carbonyl (C=O) groups excluding carboxylic acids is 3. The fourth-order valence-electron chi connectivity index (χ4n) is 5.10. The molecule has 0 aliphatic carbocycles. The molecular formula is C20H26N3O4+. The van der Waals surface area contributed by atoms with E-state index in [2.05, 4.69) is 5.32 Å². The quantitative estimate of drug-likeness (QED) is 0.565. The van der Waals surface area contributed by atoms with Gasteiger partial charge in [0.15, 0.2) is 0 Å². The summed E-state index contributed by atoms with van der Waals surface area (Å²) < 4.78 is 5.06. The molecule has 1 spiro atoms. The Morgan fingerprint density at radius 2 is 1.96 bits per heavy atom. The lowest BCUT2D eigenvalue weighted by Crippen LogP contribution is -2.99. The molecule has 2 saturated heterocycles. The van der Waals surface area contributed by atoms with Crippen LogP contribution in [0, 0.1) is 17.8 Å². The fourth-order valence-corrected chi connectivity index (χ4v) is 5.10. The number of nitrogens with one attached hydrogen (secondary N) is 1. The van der Waals surface area contributed by atoms with E-state index in [4.69, 9.17) is 4.74 Å². The first-order valence-electron chi connectivity index (χ1n) is 9.54. The second-order valence-corrected chi connectivity index (χ2v) is 8.03. The van der Waals surface area contributed by atoms with Crippen LogP contribution in [0.15, 0.2) is 24.3 Å². The van der Waals surface area contributed by atoms with Gasteiger partial charge in [0.25, 0.3) is 5.91 Å². The lowest BCUT2D eigenvalue weighted by atomic mass is 9.76. The summed E-state index contributed by atoms with van der Waals surface area (Å²) in [6.07, 6.45) is 0.596. The number of hydrogen-bond acceptors (Lipinski definition) is 4. The molecule has 144 valence electrons. The van der Waals surface area contributed by atoms with Gasteiger partial charge in [-0.3, -0.25) is 19.3 Å². The van der Waals surface area contributed by atoms with Crippen LogP contribution in [0.5, 0.6) is 0 Å². The third-order valence-corrected chi connectivity index (χ3v) is 6.30. The van der Waals surface area contributed by atoms with Gasteiger partial charge in [-0.1, -0.05) is 32.0 Å². The minimum absolute atomic E-state index is 0.115. The van der Waals surface area contributed by atoms with Crippen LogP contribution < -0.4 is 10.6 Å². The zero-order valence-electron chi connectivity index (χ0n) is 15.9. The number of para-hydroxylation sites is 1. The topological polar surface area (TPSA) is 92.3 Å². The number of anilines is 1. The predicted octanol–water partition coefficient (Wildman–Crippen LogP) is 0.0733. The normalized spacial score (nSPS) is 31.8. The molecule has 3 amide bonds. The second kappa shape index (κ2) is 6.42. The van der Waals surface area contributed by atoms with Crippen LogP contribution in [-0.4, -0.2) is 48.9 Å². The summed E-state index contributed by atoms with van der Waals surface area (Å²) in [6, 6.07) is 7.38. The summed E-state index contributed by atoms with van der Waals surface area (Å²) >= 11 is 0. The number of likely N-dealkylation sites (tertiary alicyclic amines) is 1. The van der Waals surface area contributed by atoms with Crippen molar-refractivity contribution in [2.75, 3.05) is 25.6 Å². The standard InChI is InChI=1S/C20H25N3O4/c1-11(2)16-14-15(18(25)23(17(14)24)9-6-10-27-3)20(22-16)12-7-4-5-8-13(12)21-19(20)26/h4-5,7-8,11,14-16,22H,6,9-10H2,1-3H3,(H,21,26)/p+1/t14-,15-,16-,20-/m0/s1. The van der Waals surface area contributed by atoms with Crippen LogP contribution in [0.1, 0.15) is 25.8 Å². The maximum absolute atomic E-state index is 13.3. The van der Waals surface area contributed by atoms with E-state index in [-0.39, 0.29) is 29.7 Å². The Morgan fingerprint density at radius 1 is 1.22 bits per heavy atom. The smallest absolute Gasteiger partial charge is 0.291 e. The Bertz CT molecular complexity index is 808. The molecule has 27 heavy (non-hydrogen) atoms. The first-order valence-corrected chi connectivity index (χ1v) is 9.54. The molecule has 1 aromatic rings. The number of quaternary nitrogens is 1. The predicted molar refractivity (Wildman–Crippen MR) is 97.5 cm³/mol. The lowest BCUT2D eigenvalue weighted by Gasteiger charge is -2.27. The zero-order valence-corrected chi connectivity index (χ0v) is 15.9. The third kappa shape index (κ3) is 2.38. The van der Waals surface area contributed by atoms with Crippen LogP contribution in [0.4, 0.5) is 5.69 Å². The van der Waals surface area contributed by atoms with Gasteiger partial charge in [-0.2, -0.15) is 0 Å². The summed E-state index contributed by atoms with van der Waals surface area (Å²) in [5.41, 5.74) is 0.493. The average molecular weight is 372 g/mol. The number of methoxy groups -OCH3 is 1. The van der Waals surface area contributed by atoms with E-state index in [1.165, 1.54) is 4.90 Å². The first kappa shape index (κ1) is 18.1. The van der Waals surface area contributed by atoms with Crippen molar-refractivity contribution in [2.45, 2.75) is 31.8 Å².